The van der Waals surface area contributed by atoms with E-state index in [-0.39, 0.29) is 0 Å². The van der Waals surface area contributed by atoms with Crippen LogP contribution in [0, 0.1) is 5.41 Å². The van der Waals surface area contributed by atoms with Crippen LogP contribution in [0.3, 0.4) is 0 Å². The van der Waals surface area contributed by atoms with E-state index in [2.05, 4.69) is 52.9 Å². The number of hydrogen-bond donors (Lipinski definition) is 0. The van der Waals surface area contributed by atoms with Gasteiger partial charge < -0.3 is 9.64 Å². The van der Waals surface area contributed by atoms with E-state index in [9.17, 15) is 0 Å². The van der Waals surface area contributed by atoms with Crippen molar-refractivity contribution in [3.8, 4) is 0 Å². The predicted molar refractivity (Wildman–Crippen MR) is 82.8 cm³/mol. The highest BCUT2D eigenvalue weighted by molar-refractivity contribution is 9.10. The number of anilines is 1. The molecule has 3 heteroatoms. The molecule has 19 heavy (non-hydrogen) atoms. The highest BCUT2D eigenvalue weighted by atomic mass is 79.9. The normalized spacial score (nSPS) is 24.8. The van der Waals surface area contributed by atoms with Crippen molar-refractivity contribution in [3.63, 3.8) is 0 Å². The molecular weight excluding hydrogens is 302 g/mol. The van der Waals surface area contributed by atoms with Gasteiger partial charge >= 0.3 is 0 Å². The molecule has 1 aromatic carbocycles. The standard InChI is InChI=1S/C16H22BrNO/c1-3-16(4-2)10-12-5-6-13(17)9-14(12)18-7-8-19-11-15(16)18/h5-6,9,15H,3-4,7-8,10-11H2,1-2H3. The van der Waals surface area contributed by atoms with Gasteiger partial charge in [0.2, 0.25) is 0 Å². The fourth-order valence-corrected chi connectivity index (χ4v) is 4.17. The Bertz CT molecular complexity index is 470. The monoisotopic (exact) mass is 323 g/mol. The second kappa shape index (κ2) is 5.10. The number of hydrogen-bond acceptors (Lipinski definition) is 2. The predicted octanol–water partition coefficient (Wildman–Crippen LogP) is 4.02. The molecule has 0 saturated carbocycles. The van der Waals surface area contributed by atoms with Gasteiger partial charge in [0.15, 0.2) is 0 Å². The number of benzene rings is 1. The molecule has 2 aliphatic rings. The molecule has 104 valence electrons. The van der Waals surface area contributed by atoms with Gasteiger partial charge in [-0.1, -0.05) is 35.8 Å². The van der Waals surface area contributed by atoms with Gasteiger partial charge in [-0.25, -0.2) is 0 Å². The van der Waals surface area contributed by atoms with Crippen molar-refractivity contribution >= 4 is 21.6 Å². The van der Waals surface area contributed by atoms with Crippen LogP contribution in [0.1, 0.15) is 32.3 Å². The summed E-state index contributed by atoms with van der Waals surface area (Å²) in [5, 5.41) is 0. The van der Waals surface area contributed by atoms with Crippen LogP contribution in [-0.2, 0) is 11.2 Å². The van der Waals surface area contributed by atoms with Crippen LogP contribution in [0.25, 0.3) is 0 Å². The zero-order valence-corrected chi connectivity index (χ0v) is 13.4. The van der Waals surface area contributed by atoms with E-state index in [4.69, 9.17) is 4.74 Å². The van der Waals surface area contributed by atoms with Crippen molar-refractivity contribution in [2.75, 3.05) is 24.7 Å². The lowest BCUT2D eigenvalue weighted by atomic mass is 9.67. The highest BCUT2D eigenvalue weighted by Gasteiger charge is 2.45. The van der Waals surface area contributed by atoms with E-state index in [0.717, 1.165) is 19.8 Å². The Morgan fingerprint density at radius 1 is 1.37 bits per heavy atom. The molecule has 0 amide bonds. The van der Waals surface area contributed by atoms with E-state index in [1.807, 2.05) is 0 Å². The van der Waals surface area contributed by atoms with E-state index in [0.29, 0.717) is 11.5 Å². The molecule has 2 heterocycles. The number of morpholine rings is 1. The molecule has 1 atom stereocenters. The minimum Gasteiger partial charge on any atom is -0.377 e. The lowest BCUT2D eigenvalue weighted by Gasteiger charge is -2.53. The van der Waals surface area contributed by atoms with Gasteiger partial charge in [0.25, 0.3) is 0 Å². The maximum atomic E-state index is 5.79. The lowest BCUT2D eigenvalue weighted by Crippen LogP contribution is -2.58. The van der Waals surface area contributed by atoms with Crippen LogP contribution in [0.5, 0.6) is 0 Å². The van der Waals surface area contributed by atoms with Crippen molar-refractivity contribution in [3.05, 3.63) is 28.2 Å². The number of nitrogens with zero attached hydrogens (tertiary/aromatic N) is 1. The van der Waals surface area contributed by atoms with Crippen LogP contribution in [-0.4, -0.2) is 25.8 Å². The average molecular weight is 324 g/mol. The first-order valence-electron chi connectivity index (χ1n) is 7.33. The van der Waals surface area contributed by atoms with Crippen molar-refractivity contribution in [1.29, 1.82) is 0 Å². The van der Waals surface area contributed by atoms with E-state index in [1.54, 1.807) is 0 Å². The number of ether oxygens (including phenoxy) is 1. The minimum absolute atomic E-state index is 0.376. The molecule has 2 aliphatic heterocycles. The van der Waals surface area contributed by atoms with Gasteiger partial charge in [-0.05, 0) is 42.4 Å². The first-order chi connectivity index (χ1) is 9.20. The number of fused-ring (bicyclic) bond motifs is 3. The summed E-state index contributed by atoms with van der Waals surface area (Å²) in [7, 11) is 0. The third-order valence-corrected chi connectivity index (χ3v) is 5.64. The smallest absolute Gasteiger partial charge is 0.0676 e. The third-order valence-electron chi connectivity index (χ3n) is 5.14. The largest absolute Gasteiger partial charge is 0.377 e. The first-order valence-corrected chi connectivity index (χ1v) is 8.12. The molecule has 1 saturated heterocycles. The summed E-state index contributed by atoms with van der Waals surface area (Å²) in [6, 6.07) is 7.29. The summed E-state index contributed by atoms with van der Waals surface area (Å²) in [5.74, 6) is 0. The van der Waals surface area contributed by atoms with Crippen molar-refractivity contribution in [1.82, 2.24) is 0 Å². The van der Waals surface area contributed by atoms with Gasteiger partial charge in [-0.3, -0.25) is 0 Å². The number of halogens is 1. The molecule has 0 N–H and O–H groups in total. The molecular formula is C16H22BrNO. The third kappa shape index (κ3) is 2.11. The van der Waals surface area contributed by atoms with Gasteiger partial charge in [0.05, 0.1) is 19.3 Å². The van der Waals surface area contributed by atoms with Crippen LogP contribution < -0.4 is 4.90 Å². The Hall–Kier alpha value is -0.540. The summed E-state index contributed by atoms with van der Waals surface area (Å²) >= 11 is 3.61. The first kappa shape index (κ1) is 13.4. The van der Waals surface area contributed by atoms with Crippen molar-refractivity contribution in [2.45, 2.75) is 39.2 Å². The Balaban J connectivity index is 2.09. The van der Waals surface area contributed by atoms with Crippen molar-refractivity contribution < 1.29 is 4.74 Å². The van der Waals surface area contributed by atoms with Gasteiger partial charge in [0, 0.05) is 16.7 Å². The molecule has 3 rings (SSSR count). The van der Waals surface area contributed by atoms with Gasteiger partial charge in [-0.15, -0.1) is 0 Å². The second-order valence-corrected chi connectivity index (χ2v) is 6.72. The fourth-order valence-electron chi connectivity index (χ4n) is 3.82. The zero-order chi connectivity index (χ0) is 13.5. The maximum Gasteiger partial charge on any atom is 0.0676 e. The van der Waals surface area contributed by atoms with Gasteiger partial charge in [0.1, 0.15) is 0 Å². The van der Waals surface area contributed by atoms with Crippen LogP contribution in [0.4, 0.5) is 5.69 Å². The summed E-state index contributed by atoms with van der Waals surface area (Å²) < 4.78 is 6.97. The quantitative estimate of drug-likeness (QED) is 0.815. The molecule has 0 aliphatic carbocycles. The molecule has 0 bridgehead atoms. The van der Waals surface area contributed by atoms with Crippen LogP contribution in [0.15, 0.2) is 22.7 Å². The van der Waals surface area contributed by atoms with Crippen LogP contribution >= 0.6 is 15.9 Å². The van der Waals surface area contributed by atoms with E-state index < -0.39 is 0 Å². The summed E-state index contributed by atoms with van der Waals surface area (Å²) in [5.41, 5.74) is 3.30. The Morgan fingerprint density at radius 2 is 2.16 bits per heavy atom. The lowest BCUT2D eigenvalue weighted by molar-refractivity contribution is 0.0314. The Labute approximate surface area is 124 Å². The minimum atomic E-state index is 0.376. The second-order valence-electron chi connectivity index (χ2n) is 5.80. The Morgan fingerprint density at radius 3 is 2.89 bits per heavy atom. The van der Waals surface area contributed by atoms with Gasteiger partial charge in [-0.2, -0.15) is 0 Å². The molecule has 0 radical (unpaired) electrons. The summed E-state index contributed by atoms with van der Waals surface area (Å²) in [6.45, 7) is 7.43. The highest BCUT2D eigenvalue weighted by Crippen LogP contribution is 2.47. The van der Waals surface area contributed by atoms with E-state index in [1.165, 1.54) is 35.0 Å². The molecule has 1 fully saturated rings. The molecule has 2 nitrogen and oxygen atoms in total. The SMILES string of the molecule is CCC1(CC)Cc2ccc(Br)cc2N2CCOCC21. The average Bonchev–Trinajstić information content (AvgIpc) is 2.47. The van der Waals surface area contributed by atoms with Crippen molar-refractivity contribution in [2.24, 2.45) is 5.41 Å². The summed E-state index contributed by atoms with van der Waals surface area (Å²) in [4.78, 5) is 2.60. The Kier molecular flexibility index (Phi) is 3.61. The topological polar surface area (TPSA) is 12.5 Å². The fraction of sp³-hybridized carbons (Fsp3) is 0.625. The van der Waals surface area contributed by atoms with Crippen LogP contribution in [0.2, 0.25) is 0 Å². The zero-order valence-electron chi connectivity index (χ0n) is 11.8. The molecule has 0 aromatic heterocycles. The maximum absolute atomic E-state index is 5.79. The van der Waals surface area contributed by atoms with E-state index >= 15 is 0 Å². The summed E-state index contributed by atoms with van der Waals surface area (Å²) in [6.07, 6.45) is 3.64. The molecule has 1 unspecified atom stereocenters. The molecule has 0 spiro atoms. The molecule has 1 aromatic rings. The number of rotatable bonds is 2.